The van der Waals surface area contributed by atoms with Gasteiger partial charge in [0, 0.05) is 37.7 Å². The van der Waals surface area contributed by atoms with Crippen molar-refractivity contribution >= 4 is 23.4 Å². The number of benzene rings is 2. The monoisotopic (exact) mass is 444 g/mol. The molecule has 0 unspecified atom stereocenters. The van der Waals surface area contributed by atoms with Gasteiger partial charge in [-0.3, -0.25) is 9.59 Å². The lowest BCUT2D eigenvalue weighted by molar-refractivity contribution is 0.0633. The zero-order valence-electron chi connectivity index (χ0n) is 17.4. The average Bonchev–Trinajstić information content (AvgIpc) is 3.34. The fourth-order valence-corrected chi connectivity index (χ4v) is 4.43. The van der Waals surface area contributed by atoms with Gasteiger partial charge in [0.05, 0.1) is 17.2 Å². The topological polar surface area (TPSA) is 49.9 Å². The van der Waals surface area contributed by atoms with E-state index in [1.165, 1.54) is 18.2 Å². The minimum Gasteiger partial charge on any atom is -0.493 e. The molecule has 0 aliphatic carbocycles. The van der Waals surface area contributed by atoms with Gasteiger partial charge >= 0.3 is 0 Å². The molecule has 164 valence electrons. The third-order valence-corrected chi connectivity index (χ3v) is 6.27. The van der Waals surface area contributed by atoms with Crippen LogP contribution in [-0.4, -0.2) is 54.4 Å². The molecule has 31 heavy (non-hydrogen) atoms. The Balaban J connectivity index is 1.32. The van der Waals surface area contributed by atoms with E-state index in [-0.39, 0.29) is 28.3 Å². The standard InChI is InChI=1S/C24H26ClFN2O3/c25-22-10-7-19(26)14-21(22)24(30)28-13-3-4-17(15-28)16-31-20-8-5-18(6-9-20)23(29)27-11-1-2-12-27/h5-10,14,17H,1-4,11-13,15-16H2/t17-/m0/s1. The molecule has 0 radical (unpaired) electrons. The van der Waals surface area contributed by atoms with Crippen molar-refractivity contribution in [3.8, 4) is 5.75 Å². The van der Waals surface area contributed by atoms with Crippen LogP contribution < -0.4 is 4.74 Å². The Labute approximate surface area is 186 Å². The number of likely N-dealkylation sites (tertiary alicyclic amines) is 2. The van der Waals surface area contributed by atoms with E-state index in [1.54, 1.807) is 17.0 Å². The van der Waals surface area contributed by atoms with Crippen LogP contribution in [0.15, 0.2) is 42.5 Å². The van der Waals surface area contributed by atoms with Crippen LogP contribution in [0, 0.1) is 11.7 Å². The summed E-state index contributed by atoms with van der Waals surface area (Å²) in [5.41, 5.74) is 0.872. The van der Waals surface area contributed by atoms with Crippen molar-refractivity contribution in [2.45, 2.75) is 25.7 Å². The first-order valence-electron chi connectivity index (χ1n) is 10.8. The minimum absolute atomic E-state index is 0.0708. The van der Waals surface area contributed by atoms with E-state index in [4.69, 9.17) is 16.3 Å². The van der Waals surface area contributed by atoms with Crippen molar-refractivity contribution in [1.82, 2.24) is 9.80 Å². The maximum atomic E-state index is 13.6. The van der Waals surface area contributed by atoms with Gasteiger partial charge in [0.2, 0.25) is 0 Å². The number of halogens is 2. The lowest BCUT2D eigenvalue weighted by Gasteiger charge is -2.33. The Kier molecular flexibility index (Phi) is 6.76. The first-order valence-corrected chi connectivity index (χ1v) is 11.2. The normalized spacial score (nSPS) is 18.8. The van der Waals surface area contributed by atoms with E-state index >= 15 is 0 Å². The number of hydrogen-bond acceptors (Lipinski definition) is 3. The number of ether oxygens (including phenoxy) is 1. The molecule has 2 fully saturated rings. The van der Waals surface area contributed by atoms with E-state index in [1.807, 2.05) is 17.0 Å². The molecule has 2 aromatic rings. The number of amides is 2. The minimum atomic E-state index is -0.476. The van der Waals surface area contributed by atoms with E-state index in [0.717, 1.165) is 38.8 Å². The van der Waals surface area contributed by atoms with Crippen LogP contribution in [0.25, 0.3) is 0 Å². The zero-order chi connectivity index (χ0) is 21.8. The van der Waals surface area contributed by atoms with Crippen LogP contribution in [0.5, 0.6) is 5.75 Å². The summed E-state index contributed by atoms with van der Waals surface area (Å²) in [4.78, 5) is 28.8. The third-order valence-electron chi connectivity index (χ3n) is 5.95. The van der Waals surface area contributed by atoms with Crippen LogP contribution in [-0.2, 0) is 0 Å². The molecule has 2 saturated heterocycles. The zero-order valence-corrected chi connectivity index (χ0v) is 18.1. The number of carbonyl (C=O) groups is 2. The Morgan fingerprint density at radius 1 is 0.968 bits per heavy atom. The van der Waals surface area contributed by atoms with Gasteiger partial charge in [0.25, 0.3) is 11.8 Å². The molecule has 7 heteroatoms. The molecular formula is C24H26ClFN2O3. The van der Waals surface area contributed by atoms with Gasteiger partial charge in [0.1, 0.15) is 11.6 Å². The molecular weight excluding hydrogens is 419 g/mol. The lowest BCUT2D eigenvalue weighted by Crippen LogP contribution is -2.41. The predicted octanol–water partition coefficient (Wildman–Crippen LogP) is 4.65. The number of rotatable bonds is 5. The predicted molar refractivity (Wildman–Crippen MR) is 117 cm³/mol. The second kappa shape index (κ2) is 9.69. The number of carbonyl (C=O) groups excluding carboxylic acids is 2. The first kappa shape index (κ1) is 21.6. The fourth-order valence-electron chi connectivity index (χ4n) is 4.23. The van der Waals surface area contributed by atoms with E-state index in [9.17, 15) is 14.0 Å². The van der Waals surface area contributed by atoms with Crippen molar-refractivity contribution in [3.05, 3.63) is 64.4 Å². The highest BCUT2D eigenvalue weighted by Gasteiger charge is 2.26. The van der Waals surface area contributed by atoms with Gasteiger partial charge in [-0.15, -0.1) is 0 Å². The molecule has 4 rings (SSSR count). The number of piperidine rings is 1. The maximum absolute atomic E-state index is 13.6. The van der Waals surface area contributed by atoms with Gasteiger partial charge in [0.15, 0.2) is 0 Å². The molecule has 0 N–H and O–H groups in total. The molecule has 0 saturated carbocycles. The van der Waals surface area contributed by atoms with Gasteiger partial charge in [-0.2, -0.15) is 0 Å². The van der Waals surface area contributed by atoms with Crippen molar-refractivity contribution in [2.75, 3.05) is 32.8 Å². The fraction of sp³-hybridized carbons (Fsp3) is 0.417. The van der Waals surface area contributed by atoms with Crippen LogP contribution in [0.4, 0.5) is 4.39 Å². The molecule has 0 bridgehead atoms. The third kappa shape index (κ3) is 5.18. The molecule has 0 spiro atoms. The van der Waals surface area contributed by atoms with Crippen molar-refractivity contribution in [2.24, 2.45) is 5.92 Å². The molecule has 2 amide bonds. The molecule has 0 aromatic heterocycles. The highest BCUT2D eigenvalue weighted by atomic mass is 35.5. The van der Waals surface area contributed by atoms with E-state index in [2.05, 4.69) is 0 Å². The van der Waals surface area contributed by atoms with Crippen LogP contribution >= 0.6 is 11.6 Å². The van der Waals surface area contributed by atoms with Gasteiger partial charge in [-0.05, 0) is 68.1 Å². The van der Waals surface area contributed by atoms with Crippen LogP contribution in [0.2, 0.25) is 5.02 Å². The number of nitrogens with zero attached hydrogens (tertiary/aromatic N) is 2. The summed E-state index contributed by atoms with van der Waals surface area (Å²) in [5.74, 6) is 0.224. The molecule has 1 atom stereocenters. The van der Waals surface area contributed by atoms with Gasteiger partial charge in [-0.25, -0.2) is 4.39 Å². The van der Waals surface area contributed by atoms with Crippen molar-refractivity contribution < 1.29 is 18.7 Å². The molecule has 5 nitrogen and oxygen atoms in total. The molecule has 2 aliphatic heterocycles. The summed E-state index contributed by atoms with van der Waals surface area (Å²) in [5, 5.41) is 0.258. The van der Waals surface area contributed by atoms with E-state index < -0.39 is 5.82 Å². The summed E-state index contributed by atoms with van der Waals surface area (Å²) < 4.78 is 19.5. The second-order valence-corrected chi connectivity index (χ2v) is 8.63. The van der Waals surface area contributed by atoms with Crippen LogP contribution in [0.3, 0.4) is 0 Å². The number of hydrogen-bond donors (Lipinski definition) is 0. The van der Waals surface area contributed by atoms with Crippen molar-refractivity contribution in [3.63, 3.8) is 0 Å². The highest BCUT2D eigenvalue weighted by molar-refractivity contribution is 6.33. The Hall–Kier alpha value is -2.60. The Morgan fingerprint density at radius 3 is 2.42 bits per heavy atom. The summed E-state index contributed by atoms with van der Waals surface area (Å²) in [6.45, 7) is 3.29. The van der Waals surface area contributed by atoms with Gasteiger partial charge in [-0.1, -0.05) is 11.6 Å². The second-order valence-electron chi connectivity index (χ2n) is 8.22. The quantitative estimate of drug-likeness (QED) is 0.674. The molecule has 2 aromatic carbocycles. The van der Waals surface area contributed by atoms with Gasteiger partial charge < -0.3 is 14.5 Å². The first-order chi connectivity index (χ1) is 15.0. The summed E-state index contributed by atoms with van der Waals surface area (Å²) >= 11 is 6.10. The largest absolute Gasteiger partial charge is 0.493 e. The summed E-state index contributed by atoms with van der Waals surface area (Å²) in [7, 11) is 0. The summed E-state index contributed by atoms with van der Waals surface area (Å²) in [6, 6.07) is 11.1. The highest BCUT2D eigenvalue weighted by Crippen LogP contribution is 2.24. The van der Waals surface area contributed by atoms with Crippen molar-refractivity contribution in [1.29, 1.82) is 0 Å². The maximum Gasteiger partial charge on any atom is 0.255 e. The Bertz CT molecular complexity index is 944. The Morgan fingerprint density at radius 2 is 1.68 bits per heavy atom. The average molecular weight is 445 g/mol. The lowest BCUT2D eigenvalue weighted by atomic mass is 9.98. The van der Waals surface area contributed by atoms with Crippen LogP contribution in [0.1, 0.15) is 46.4 Å². The smallest absolute Gasteiger partial charge is 0.255 e. The van der Waals surface area contributed by atoms with E-state index in [0.29, 0.717) is 31.0 Å². The summed E-state index contributed by atoms with van der Waals surface area (Å²) in [6.07, 6.45) is 3.95. The SMILES string of the molecule is O=C(c1ccc(OC[C@H]2CCCN(C(=O)c3cc(F)ccc3Cl)C2)cc1)N1CCCC1. The molecule has 2 aliphatic rings. The molecule has 2 heterocycles.